The predicted molar refractivity (Wildman–Crippen MR) is 204 cm³/mol. The second kappa shape index (κ2) is 13.8. The van der Waals surface area contributed by atoms with Gasteiger partial charge in [0, 0.05) is 49.6 Å². The van der Waals surface area contributed by atoms with Gasteiger partial charge >= 0.3 is 0 Å². The third-order valence-electron chi connectivity index (χ3n) is 8.87. The zero-order chi connectivity index (χ0) is 37.7. The molecule has 17 heteroatoms. The van der Waals surface area contributed by atoms with Crippen molar-refractivity contribution in [2.24, 2.45) is 5.14 Å². The second-order valence-corrected chi connectivity index (χ2v) is 21.2. The number of anilines is 2. The SMILES string of the molecule is CN(C)c1ccc2c(c1)[Si](C)(C)C1=CC(=[N+](C)C)C=CC1=C2c1cc(C(=O)NCc2ccc(C(=O)Nc3nnc(S(N)(=O)=O)s3)cc2)sc1C(=O)[O-]. The van der Waals surface area contributed by atoms with E-state index in [-0.39, 0.29) is 27.0 Å². The number of nitrogens with two attached hydrogens (primary N) is 1. The van der Waals surface area contributed by atoms with Crippen LogP contribution < -0.4 is 31.0 Å². The molecule has 4 N–H and O–H groups in total. The minimum atomic E-state index is -4.04. The van der Waals surface area contributed by atoms with Crippen molar-refractivity contribution in [2.45, 2.75) is 24.0 Å². The lowest BCUT2D eigenvalue weighted by Crippen LogP contribution is -2.49. The fourth-order valence-electron chi connectivity index (χ4n) is 6.10. The largest absolute Gasteiger partial charge is 0.544 e. The monoisotopic (exact) mass is 773 g/mol. The molecule has 1 aliphatic heterocycles. The maximum absolute atomic E-state index is 13.5. The van der Waals surface area contributed by atoms with Crippen LogP contribution in [0.3, 0.4) is 0 Å². The first-order valence-corrected chi connectivity index (χ1v) is 22.1. The van der Waals surface area contributed by atoms with Crippen LogP contribution in [0.5, 0.6) is 0 Å². The minimum Gasteiger partial charge on any atom is -0.544 e. The lowest BCUT2D eigenvalue weighted by Gasteiger charge is -2.38. The molecule has 0 saturated carbocycles. The van der Waals surface area contributed by atoms with Gasteiger partial charge in [0.1, 0.15) is 22.2 Å². The van der Waals surface area contributed by atoms with Crippen LogP contribution in [0, 0.1) is 0 Å². The summed E-state index contributed by atoms with van der Waals surface area (Å²) in [4.78, 5) is 41.1. The highest BCUT2D eigenvalue weighted by Gasteiger charge is 2.41. The average Bonchev–Trinajstić information content (AvgIpc) is 3.76. The topological polar surface area (TPSA) is 191 Å². The standard InChI is InChI=1S/C35H35N7O6S3Si/c1-41(2)21-11-13-23-27(15-21)52(5,6)28-16-22(42(3)4)12-14-24(28)29(23)25-17-26(49-30(25)33(45)46)32(44)37-18-19-7-9-20(10-8-19)31(43)38-34-39-40-35(50-34)51(36,47)48/h7-17H,18H2,1-6H3,(H4-,36,37,38,39,43,44,45,46,47,48). The van der Waals surface area contributed by atoms with Gasteiger partial charge in [0.15, 0.2) is 5.71 Å². The van der Waals surface area contributed by atoms with Gasteiger partial charge in [-0.25, -0.2) is 18.1 Å². The number of allylic oxidation sites excluding steroid dienone is 5. The van der Waals surface area contributed by atoms with Gasteiger partial charge in [-0.05, 0) is 69.1 Å². The smallest absolute Gasteiger partial charge is 0.267 e. The fourth-order valence-corrected chi connectivity index (χ4v) is 11.4. The van der Waals surface area contributed by atoms with Gasteiger partial charge < -0.3 is 20.1 Å². The Morgan fingerprint density at radius 2 is 1.67 bits per heavy atom. The number of hydrogen-bond acceptors (Lipinski definition) is 11. The lowest BCUT2D eigenvalue weighted by molar-refractivity contribution is -0.462. The van der Waals surface area contributed by atoms with E-state index in [4.69, 9.17) is 5.14 Å². The van der Waals surface area contributed by atoms with Crippen LogP contribution in [0.1, 0.15) is 46.4 Å². The van der Waals surface area contributed by atoms with Crippen molar-refractivity contribution in [3.8, 4) is 0 Å². The van der Waals surface area contributed by atoms with Crippen LogP contribution in [0.15, 0.2) is 81.9 Å². The molecule has 0 atom stereocenters. The molecule has 268 valence electrons. The molecule has 1 aliphatic carbocycles. The van der Waals surface area contributed by atoms with E-state index in [1.165, 1.54) is 10.4 Å². The molecule has 2 aliphatic rings. The highest BCUT2D eigenvalue weighted by molar-refractivity contribution is 7.91. The number of primary sulfonamides is 1. The average molecular weight is 774 g/mol. The summed E-state index contributed by atoms with van der Waals surface area (Å²) < 4.78 is 24.5. The molecule has 2 aromatic heterocycles. The van der Waals surface area contributed by atoms with Crippen molar-refractivity contribution < 1.29 is 32.5 Å². The number of sulfonamides is 1. The van der Waals surface area contributed by atoms with Crippen LogP contribution in [0.25, 0.3) is 5.57 Å². The molecule has 3 heterocycles. The van der Waals surface area contributed by atoms with Crippen molar-refractivity contribution in [2.75, 3.05) is 38.4 Å². The number of aromatic nitrogens is 2. The Balaban J connectivity index is 1.28. The molecule has 52 heavy (non-hydrogen) atoms. The first-order valence-electron chi connectivity index (χ1n) is 15.9. The van der Waals surface area contributed by atoms with E-state index in [1.54, 1.807) is 30.3 Å². The number of carbonyl (C=O) groups is 3. The quantitative estimate of drug-likeness (QED) is 0.130. The molecular formula is C35H35N7O6S3Si. The van der Waals surface area contributed by atoms with E-state index in [0.717, 1.165) is 39.4 Å². The number of nitrogens with zero attached hydrogens (tertiary/aromatic N) is 4. The van der Waals surface area contributed by atoms with Gasteiger partial charge in [0.05, 0.1) is 15.7 Å². The molecule has 0 radical (unpaired) electrons. The first-order chi connectivity index (χ1) is 24.4. The summed E-state index contributed by atoms with van der Waals surface area (Å²) in [6, 6.07) is 14.3. The summed E-state index contributed by atoms with van der Waals surface area (Å²) in [7, 11) is 1.63. The van der Waals surface area contributed by atoms with Crippen LogP contribution in [0.4, 0.5) is 10.8 Å². The second-order valence-electron chi connectivity index (χ2n) is 13.1. The van der Waals surface area contributed by atoms with Crippen molar-refractivity contribution in [1.29, 1.82) is 0 Å². The van der Waals surface area contributed by atoms with Crippen LogP contribution in [0.2, 0.25) is 13.1 Å². The molecule has 2 aromatic carbocycles. The molecule has 13 nitrogen and oxygen atoms in total. The molecule has 0 saturated heterocycles. The van der Waals surface area contributed by atoms with E-state index in [0.29, 0.717) is 22.5 Å². The zero-order valence-electron chi connectivity index (χ0n) is 29.1. The van der Waals surface area contributed by atoms with Gasteiger partial charge in [0.2, 0.25) is 9.47 Å². The van der Waals surface area contributed by atoms with E-state index in [1.807, 2.05) is 62.0 Å². The summed E-state index contributed by atoms with van der Waals surface area (Å²) >= 11 is 1.50. The summed E-state index contributed by atoms with van der Waals surface area (Å²) in [6.07, 6.45) is 6.27. The summed E-state index contributed by atoms with van der Waals surface area (Å²) in [5.41, 5.74) is 6.10. The molecule has 0 fully saturated rings. The molecule has 4 aromatic rings. The highest BCUT2D eigenvalue weighted by atomic mass is 32.2. The number of carbonyl (C=O) groups excluding carboxylic acids is 3. The number of benzene rings is 2. The van der Waals surface area contributed by atoms with E-state index in [2.05, 4.69) is 46.1 Å². The maximum atomic E-state index is 13.5. The van der Waals surface area contributed by atoms with E-state index in [9.17, 15) is 27.9 Å². The predicted octanol–water partition coefficient (Wildman–Crippen LogP) is 2.34. The van der Waals surface area contributed by atoms with Crippen molar-refractivity contribution in [3.05, 3.63) is 110 Å². The molecule has 0 bridgehead atoms. The maximum Gasteiger partial charge on any atom is 0.267 e. The van der Waals surface area contributed by atoms with Gasteiger partial charge in [-0.15, -0.1) is 21.5 Å². The molecule has 0 unspecified atom stereocenters. The number of fused-ring (bicyclic) bond motifs is 2. The third-order valence-corrected chi connectivity index (χ3v) is 15.7. The number of thiophene rings is 1. The lowest BCUT2D eigenvalue weighted by atomic mass is 9.89. The Morgan fingerprint density at radius 1 is 0.962 bits per heavy atom. The zero-order valence-corrected chi connectivity index (χ0v) is 32.5. The van der Waals surface area contributed by atoms with Crippen molar-refractivity contribution in [3.63, 3.8) is 0 Å². The number of nitrogens with one attached hydrogen (secondary N) is 2. The molecule has 6 rings (SSSR count). The molecular weight excluding hydrogens is 739 g/mol. The van der Waals surface area contributed by atoms with E-state index >= 15 is 0 Å². The Morgan fingerprint density at radius 3 is 2.29 bits per heavy atom. The minimum absolute atomic E-state index is 0.0302. The third kappa shape index (κ3) is 7.05. The Labute approximate surface area is 309 Å². The number of amides is 2. The van der Waals surface area contributed by atoms with Crippen molar-refractivity contribution in [1.82, 2.24) is 15.5 Å². The Hall–Kier alpha value is -5.07. The van der Waals surface area contributed by atoms with Crippen LogP contribution in [-0.4, -0.2) is 83.0 Å². The molecule has 0 spiro atoms. The van der Waals surface area contributed by atoms with E-state index < -0.39 is 40.2 Å². The summed E-state index contributed by atoms with van der Waals surface area (Å²) in [6.45, 7) is 4.71. The number of carboxylic acids is 1. The van der Waals surface area contributed by atoms with Gasteiger partial charge in [0.25, 0.3) is 21.8 Å². The fraction of sp³-hybridized carbons (Fsp3) is 0.200. The highest BCUT2D eigenvalue weighted by Crippen LogP contribution is 2.44. The number of hydrogen-bond donors (Lipinski definition) is 3. The summed E-state index contributed by atoms with van der Waals surface area (Å²) in [5, 5.41) is 32.4. The number of carboxylic acid groups (broad SMARTS) is 1. The normalized spacial score (nSPS) is 14.7. The van der Waals surface area contributed by atoms with Crippen LogP contribution >= 0.6 is 22.7 Å². The summed E-state index contributed by atoms with van der Waals surface area (Å²) in [5.74, 6) is -2.37. The molecule has 2 amide bonds. The van der Waals surface area contributed by atoms with Crippen LogP contribution in [-0.2, 0) is 16.6 Å². The first kappa shape index (κ1) is 36.7. The number of aromatic carboxylic acids is 1. The van der Waals surface area contributed by atoms with Gasteiger partial charge in [-0.3, -0.25) is 14.9 Å². The Kier molecular flexibility index (Phi) is 9.75. The number of rotatable bonds is 9. The van der Waals surface area contributed by atoms with Gasteiger partial charge in [-0.2, -0.15) is 0 Å². The Bertz CT molecular complexity index is 2400. The van der Waals surface area contributed by atoms with Gasteiger partial charge in [-0.1, -0.05) is 42.6 Å². The van der Waals surface area contributed by atoms with Crippen molar-refractivity contribution >= 4 is 85.8 Å².